The quantitative estimate of drug-likeness (QED) is 0.437. The Balaban J connectivity index is 1.84. The van der Waals surface area contributed by atoms with Crippen molar-refractivity contribution >= 4 is 34.7 Å². The van der Waals surface area contributed by atoms with Gasteiger partial charge in [-0.3, -0.25) is 0 Å². The van der Waals surface area contributed by atoms with E-state index in [0.29, 0.717) is 22.6 Å². The zero-order valence-corrected chi connectivity index (χ0v) is 16.2. The number of aromatic nitrogens is 1. The highest BCUT2D eigenvalue weighted by molar-refractivity contribution is 7.10. The second kappa shape index (κ2) is 8.33. The van der Waals surface area contributed by atoms with Gasteiger partial charge in [-0.05, 0) is 47.3 Å². The van der Waals surface area contributed by atoms with Gasteiger partial charge in [0.15, 0.2) is 11.6 Å². The van der Waals surface area contributed by atoms with E-state index in [2.05, 4.69) is 4.37 Å². The van der Waals surface area contributed by atoms with Crippen molar-refractivity contribution in [3.63, 3.8) is 0 Å². The Hall–Kier alpha value is -1.69. The summed E-state index contributed by atoms with van der Waals surface area (Å²) in [6.45, 7) is 1.89. The van der Waals surface area contributed by atoms with Crippen molar-refractivity contribution in [1.29, 1.82) is 0 Å². The van der Waals surface area contributed by atoms with E-state index < -0.39 is 11.6 Å². The van der Waals surface area contributed by atoms with Gasteiger partial charge in [0.25, 0.3) is 0 Å². The fraction of sp³-hybridized carbons (Fsp3) is 0.211. The van der Waals surface area contributed by atoms with E-state index in [0.717, 1.165) is 16.9 Å². The van der Waals surface area contributed by atoms with Crippen LogP contribution in [0, 0.1) is 11.6 Å². The van der Waals surface area contributed by atoms with E-state index in [1.54, 1.807) is 18.2 Å². The zero-order valence-electron chi connectivity index (χ0n) is 13.9. The number of rotatable bonds is 6. The van der Waals surface area contributed by atoms with Crippen LogP contribution in [0.1, 0.15) is 24.5 Å². The maximum atomic E-state index is 14.2. The summed E-state index contributed by atoms with van der Waals surface area (Å²) >= 11 is 13.3. The molecule has 1 heterocycles. The normalized spacial score (nSPS) is 11.0. The van der Waals surface area contributed by atoms with Crippen LogP contribution in [0.5, 0.6) is 5.75 Å². The molecule has 0 N–H and O–H groups in total. The predicted octanol–water partition coefficient (Wildman–Crippen LogP) is 6.93. The topological polar surface area (TPSA) is 22.1 Å². The van der Waals surface area contributed by atoms with Gasteiger partial charge in [-0.15, -0.1) is 0 Å². The summed E-state index contributed by atoms with van der Waals surface area (Å²) in [5.74, 6) is -1.99. The highest BCUT2D eigenvalue weighted by atomic mass is 35.5. The van der Waals surface area contributed by atoms with Crippen LogP contribution in [0.3, 0.4) is 0 Å². The third-order valence-corrected chi connectivity index (χ3v) is 5.47. The first-order valence-electron chi connectivity index (χ1n) is 8.01. The molecule has 0 spiro atoms. The van der Waals surface area contributed by atoms with Gasteiger partial charge in [0.1, 0.15) is 11.8 Å². The van der Waals surface area contributed by atoms with Gasteiger partial charge < -0.3 is 4.74 Å². The lowest BCUT2D eigenvalue weighted by atomic mass is 10.1. The highest BCUT2D eigenvalue weighted by Crippen LogP contribution is 2.35. The summed E-state index contributed by atoms with van der Waals surface area (Å²) in [6, 6.07) is 10.2. The lowest BCUT2D eigenvalue weighted by Crippen LogP contribution is -2.02. The number of hydrogen-bond acceptors (Lipinski definition) is 3. The van der Waals surface area contributed by atoms with Crippen LogP contribution in [0.25, 0.3) is 10.4 Å². The Bertz CT molecular complexity index is 913. The molecule has 2 aromatic carbocycles. The van der Waals surface area contributed by atoms with E-state index in [9.17, 15) is 8.78 Å². The molecule has 0 saturated carbocycles. The molecule has 0 saturated heterocycles. The smallest absolute Gasteiger partial charge is 0.200 e. The molecule has 1 aromatic heterocycles. The fourth-order valence-corrected chi connectivity index (χ4v) is 3.76. The monoisotopic (exact) mass is 413 g/mol. The first-order chi connectivity index (χ1) is 12.5. The third kappa shape index (κ3) is 4.00. The molecule has 26 heavy (non-hydrogen) atoms. The molecule has 0 radical (unpaired) electrons. The maximum absolute atomic E-state index is 14.2. The van der Waals surface area contributed by atoms with Crippen molar-refractivity contribution in [2.75, 3.05) is 0 Å². The number of halogens is 4. The molecule has 0 atom stereocenters. The van der Waals surface area contributed by atoms with Crippen LogP contribution in [0.4, 0.5) is 8.78 Å². The van der Waals surface area contributed by atoms with Crippen LogP contribution in [0.2, 0.25) is 10.2 Å². The van der Waals surface area contributed by atoms with Crippen molar-refractivity contribution in [2.24, 2.45) is 0 Å². The minimum absolute atomic E-state index is 0.0171. The van der Waals surface area contributed by atoms with Gasteiger partial charge in [0.05, 0.1) is 4.88 Å². The van der Waals surface area contributed by atoms with Crippen molar-refractivity contribution in [1.82, 2.24) is 4.37 Å². The van der Waals surface area contributed by atoms with Crippen molar-refractivity contribution in [2.45, 2.75) is 26.4 Å². The number of benzene rings is 2. The minimum Gasteiger partial charge on any atom is -0.486 e. The second-order valence-corrected chi connectivity index (χ2v) is 7.25. The van der Waals surface area contributed by atoms with Crippen molar-refractivity contribution < 1.29 is 13.5 Å². The predicted molar refractivity (Wildman–Crippen MR) is 102 cm³/mol. The number of nitrogens with zero attached hydrogens (tertiary/aromatic N) is 1. The molecule has 0 unspecified atom stereocenters. The number of hydrogen-bond donors (Lipinski definition) is 0. The van der Waals surface area contributed by atoms with Gasteiger partial charge in [-0.25, -0.2) is 4.39 Å². The zero-order chi connectivity index (χ0) is 18.7. The molecule has 0 bridgehead atoms. The lowest BCUT2D eigenvalue weighted by Gasteiger charge is -2.11. The Morgan fingerprint density at radius 2 is 1.77 bits per heavy atom. The van der Waals surface area contributed by atoms with Crippen LogP contribution in [-0.4, -0.2) is 4.37 Å². The number of ether oxygens (including phenoxy) is 1. The standard InChI is InChI=1S/C19H15Cl2F2NOS/c1-2-3-11-6-9-15(17(23)16(11)22)25-10-14-18(26-24-19(14)21)12-4-7-13(20)8-5-12/h4-9H,2-3,10H2,1H3. The highest BCUT2D eigenvalue weighted by Gasteiger charge is 2.18. The van der Waals surface area contributed by atoms with Gasteiger partial charge in [-0.1, -0.05) is 54.7 Å². The van der Waals surface area contributed by atoms with Gasteiger partial charge in [0, 0.05) is 10.6 Å². The molecule has 0 amide bonds. The average Bonchev–Trinajstić information content (AvgIpc) is 3.00. The van der Waals surface area contributed by atoms with E-state index in [1.807, 2.05) is 19.1 Å². The fourth-order valence-electron chi connectivity index (χ4n) is 2.54. The summed E-state index contributed by atoms with van der Waals surface area (Å²) in [7, 11) is 0. The number of aryl methyl sites for hydroxylation is 1. The Morgan fingerprint density at radius 3 is 2.46 bits per heavy atom. The van der Waals surface area contributed by atoms with Crippen LogP contribution in [-0.2, 0) is 13.0 Å². The molecule has 7 heteroatoms. The molecule has 2 nitrogen and oxygen atoms in total. The summed E-state index contributed by atoms with van der Waals surface area (Å²) in [6.07, 6.45) is 1.21. The average molecular weight is 414 g/mol. The summed E-state index contributed by atoms with van der Waals surface area (Å²) in [4.78, 5) is 0.801. The van der Waals surface area contributed by atoms with E-state index in [1.165, 1.54) is 17.6 Å². The summed E-state index contributed by atoms with van der Waals surface area (Å²) < 4.78 is 37.9. The van der Waals surface area contributed by atoms with E-state index in [4.69, 9.17) is 27.9 Å². The molecular weight excluding hydrogens is 399 g/mol. The molecule has 0 aliphatic carbocycles. The van der Waals surface area contributed by atoms with Gasteiger partial charge in [0.2, 0.25) is 5.82 Å². The largest absolute Gasteiger partial charge is 0.486 e. The first-order valence-corrected chi connectivity index (χ1v) is 9.53. The van der Waals surface area contributed by atoms with E-state index >= 15 is 0 Å². The molecule has 0 fully saturated rings. The van der Waals surface area contributed by atoms with Crippen LogP contribution in [0.15, 0.2) is 36.4 Å². The van der Waals surface area contributed by atoms with Crippen LogP contribution < -0.4 is 4.74 Å². The van der Waals surface area contributed by atoms with Crippen LogP contribution >= 0.6 is 34.7 Å². The van der Waals surface area contributed by atoms with E-state index in [-0.39, 0.29) is 17.5 Å². The Morgan fingerprint density at radius 1 is 1.04 bits per heavy atom. The SMILES string of the molecule is CCCc1ccc(OCc2c(Cl)nsc2-c2ccc(Cl)cc2)c(F)c1F. The Kier molecular flexibility index (Phi) is 6.12. The second-order valence-electron chi connectivity index (χ2n) is 5.68. The molecule has 0 aliphatic heterocycles. The maximum Gasteiger partial charge on any atom is 0.200 e. The lowest BCUT2D eigenvalue weighted by molar-refractivity contribution is 0.284. The van der Waals surface area contributed by atoms with Crippen molar-refractivity contribution in [3.05, 3.63) is 69.3 Å². The first kappa shape index (κ1) is 19.1. The molecule has 3 aromatic rings. The molecule has 136 valence electrons. The molecule has 3 rings (SSSR count). The minimum atomic E-state index is -0.983. The summed E-state index contributed by atoms with van der Waals surface area (Å²) in [5.41, 5.74) is 1.84. The summed E-state index contributed by atoms with van der Waals surface area (Å²) in [5, 5.41) is 0.898. The molecule has 0 aliphatic rings. The van der Waals surface area contributed by atoms with Gasteiger partial charge in [-0.2, -0.15) is 8.76 Å². The third-order valence-electron chi connectivity index (χ3n) is 3.86. The molecular formula is C19H15Cl2F2NOS. The van der Waals surface area contributed by atoms with Gasteiger partial charge >= 0.3 is 0 Å². The Labute approximate surface area is 164 Å². The van der Waals surface area contributed by atoms with Crippen molar-refractivity contribution in [3.8, 4) is 16.2 Å².